The van der Waals surface area contributed by atoms with Crippen molar-refractivity contribution in [1.82, 2.24) is 0 Å². The van der Waals surface area contributed by atoms with Gasteiger partial charge in [-0.2, -0.15) is 0 Å². The minimum absolute atomic E-state index is 0.585. The van der Waals surface area contributed by atoms with Crippen LogP contribution in [0.5, 0.6) is 0 Å². The summed E-state index contributed by atoms with van der Waals surface area (Å²) >= 11 is 0. The fourth-order valence-electron chi connectivity index (χ4n) is 5.11. The fourth-order valence-corrected chi connectivity index (χ4v) is 21.0. The Hall–Kier alpha value is -2.17. The van der Waals surface area contributed by atoms with E-state index in [0.717, 1.165) is 0 Å². The van der Waals surface area contributed by atoms with Crippen LogP contribution in [0.2, 0.25) is 25.2 Å². The zero-order chi connectivity index (χ0) is 19.5. The van der Waals surface area contributed by atoms with Crippen LogP contribution in [-0.2, 0) is 0 Å². The minimum Gasteiger partial charge on any atom is -0.0779 e. The second-order valence-corrected chi connectivity index (χ2v) is 22.6. The van der Waals surface area contributed by atoms with Crippen LogP contribution in [0.3, 0.4) is 0 Å². The lowest BCUT2D eigenvalue weighted by Gasteiger charge is -2.46. The van der Waals surface area contributed by atoms with Crippen molar-refractivity contribution in [1.29, 1.82) is 0 Å². The molecule has 0 unspecified atom stereocenters. The molecule has 0 spiro atoms. The van der Waals surface area contributed by atoms with Gasteiger partial charge in [0.25, 0.3) is 0 Å². The second kappa shape index (κ2) is 8.06. The van der Waals surface area contributed by atoms with Crippen LogP contribution in [0.25, 0.3) is 0 Å². The summed E-state index contributed by atoms with van der Waals surface area (Å²) in [6, 6.07) is 25.6. The van der Waals surface area contributed by atoms with Gasteiger partial charge in [0.15, 0.2) is 0 Å². The van der Waals surface area contributed by atoms with Crippen LogP contribution < -0.4 is 10.4 Å². The lowest BCUT2D eigenvalue weighted by atomic mass is 10.2. The Morgan fingerprint density at radius 2 is 0.857 bits per heavy atom. The molecule has 4 rings (SSSR count). The summed E-state index contributed by atoms with van der Waals surface area (Å²) in [6.45, 7) is 5.37. The molecule has 0 nitrogen and oxygen atoms in total. The number of allylic oxidation sites excluding steroid dienone is 8. The van der Waals surface area contributed by atoms with Crippen molar-refractivity contribution in [3.8, 4) is 0 Å². The molecule has 142 valence electrons. The molecule has 2 aromatic carbocycles. The third-order valence-electron chi connectivity index (χ3n) is 6.98. The smallest absolute Gasteiger partial charge is 0.0779 e. The molecule has 2 heteroatoms. The van der Waals surface area contributed by atoms with E-state index in [1.54, 1.807) is 10.4 Å². The van der Waals surface area contributed by atoms with Crippen molar-refractivity contribution in [3.05, 3.63) is 109 Å². The number of hydrogen-bond donors (Lipinski definition) is 0. The summed E-state index contributed by atoms with van der Waals surface area (Å²) in [5.41, 5.74) is 0. The van der Waals surface area contributed by atoms with E-state index < -0.39 is 15.2 Å². The maximum absolute atomic E-state index is 2.68. The van der Waals surface area contributed by atoms with E-state index in [1.165, 1.54) is 12.1 Å². The SMILES string of the molecule is C[Si@@](CC1C=CC=C1)(c1ccccc1)[Si@](C)(CC1C=CC=C1)c1ccccc1. The first-order valence-electron chi connectivity index (χ1n) is 10.4. The number of rotatable bonds is 7. The van der Waals surface area contributed by atoms with Gasteiger partial charge in [-0.15, -0.1) is 0 Å². The summed E-state index contributed by atoms with van der Waals surface area (Å²) in [7, 11) is -3.57. The molecule has 0 radical (unpaired) electrons. The molecule has 0 heterocycles. The number of hydrogen-bond acceptors (Lipinski definition) is 0. The molecule has 2 aliphatic carbocycles. The van der Waals surface area contributed by atoms with Crippen molar-refractivity contribution in [3.63, 3.8) is 0 Å². The summed E-state index contributed by atoms with van der Waals surface area (Å²) in [5, 5.41) is 3.26. The Labute approximate surface area is 171 Å². The van der Waals surface area contributed by atoms with Crippen molar-refractivity contribution < 1.29 is 0 Å². The first-order chi connectivity index (χ1) is 13.6. The normalized spacial score (nSPS) is 20.5. The lowest BCUT2D eigenvalue weighted by Crippen LogP contribution is -2.73. The Morgan fingerprint density at radius 3 is 1.18 bits per heavy atom. The summed E-state index contributed by atoms with van der Waals surface area (Å²) in [4.78, 5) is 0. The van der Waals surface area contributed by atoms with Crippen LogP contribution in [0, 0.1) is 11.8 Å². The molecule has 0 fully saturated rings. The van der Waals surface area contributed by atoms with E-state index in [1.807, 2.05) is 0 Å². The van der Waals surface area contributed by atoms with E-state index in [2.05, 4.69) is 122 Å². The molecular formula is C26H30Si2. The molecule has 2 atom stereocenters. The highest BCUT2D eigenvalue weighted by molar-refractivity contribution is 7.50. The Morgan fingerprint density at radius 1 is 0.536 bits per heavy atom. The van der Waals surface area contributed by atoms with Gasteiger partial charge >= 0.3 is 0 Å². The van der Waals surface area contributed by atoms with Crippen LogP contribution in [0.15, 0.2) is 109 Å². The van der Waals surface area contributed by atoms with Crippen LogP contribution >= 0.6 is 0 Å². The highest BCUT2D eigenvalue weighted by atomic mass is 29.3. The molecular weight excluding hydrogens is 368 g/mol. The largest absolute Gasteiger partial charge is 0.0833 e. The van der Waals surface area contributed by atoms with E-state index in [4.69, 9.17) is 0 Å². The molecule has 2 aliphatic rings. The van der Waals surface area contributed by atoms with Gasteiger partial charge in [0, 0.05) is 0 Å². The van der Waals surface area contributed by atoms with Crippen LogP contribution in [0.1, 0.15) is 0 Å². The van der Waals surface area contributed by atoms with Crippen molar-refractivity contribution in [2.24, 2.45) is 11.8 Å². The zero-order valence-electron chi connectivity index (χ0n) is 17.0. The zero-order valence-corrected chi connectivity index (χ0v) is 19.0. The van der Waals surface area contributed by atoms with Crippen molar-refractivity contribution in [2.75, 3.05) is 0 Å². The third kappa shape index (κ3) is 3.59. The van der Waals surface area contributed by atoms with E-state index in [-0.39, 0.29) is 0 Å². The van der Waals surface area contributed by atoms with E-state index >= 15 is 0 Å². The van der Waals surface area contributed by atoms with Crippen molar-refractivity contribution >= 4 is 25.6 Å². The third-order valence-corrected chi connectivity index (χ3v) is 25.5. The maximum Gasteiger partial charge on any atom is 0.0833 e. The predicted octanol–water partition coefficient (Wildman–Crippen LogP) is 5.52. The van der Waals surface area contributed by atoms with Crippen LogP contribution in [-0.4, -0.2) is 15.2 Å². The highest BCUT2D eigenvalue weighted by Gasteiger charge is 2.51. The summed E-state index contributed by atoms with van der Waals surface area (Å²) in [5.74, 6) is 1.17. The fraction of sp³-hybridized carbons (Fsp3) is 0.231. The van der Waals surface area contributed by atoms with Gasteiger partial charge in [0.05, 0.1) is 15.2 Å². The van der Waals surface area contributed by atoms with E-state index in [9.17, 15) is 0 Å². The van der Waals surface area contributed by atoms with Crippen LogP contribution in [0.4, 0.5) is 0 Å². The monoisotopic (exact) mass is 398 g/mol. The quantitative estimate of drug-likeness (QED) is 0.539. The molecule has 0 amide bonds. The Balaban J connectivity index is 1.85. The molecule has 0 saturated carbocycles. The Bertz CT molecular complexity index is 808. The predicted molar refractivity (Wildman–Crippen MR) is 129 cm³/mol. The van der Waals surface area contributed by atoms with Gasteiger partial charge in [-0.25, -0.2) is 0 Å². The first kappa shape index (κ1) is 19.2. The molecule has 0 aliphatic heterocycles. The first-order valence-corrected chi connectivity index (χ1v) is 16.8. The van der Waals surface area contributed by atoms with Gasteiger partial charge in [-0.05, 0) is 23.9 Å². The van der Waals surface area contributed by atoms with Crippen molar-refractivity contribution in [2.45, 2.75) is 25.2 Å². The Kier molecular flexibility index (Phi) is 5.52. The molecule has 0 N–H and O–H groups in total. The molecule has 2 aromatic rings. The lowest BCUT2D eigenvalue weighted by molar-refractivity contribution is 0.919. The highest BCUT2D eigenvalue weighted by Crippen LogP contribution is 2.35. The summed E-state index contributed by atoms with van der Waals surface area (Å²) < 4.78 is 0. The van der Waals surface area contributed by atoms with Gasteiger partial charge in [-0.3, -0.25) is 0 Å². The average Bonchev–Trinajstić information content (AvgIpc) is 3.43. The minimum atomic E-state index is -1.78. The van der Waals surface area contributed by atoms with Gasteiger partial charge in [0.2, 0.25) is 0 Å². The number of benzene rings is 2. The molecule has 0 bridgehead atoms. The molecule has 0 saturated heterocycles. The topological polar surface area (TPSA) is 0 Å². The van der Waals surface area contributed by atoms with Gasteiger partial charge in [0.1, 0.15) is 0 Å². The van der Waals surface area contributed by atoms with E-state index in [0.29, 0.717) is 11.8 Å². The maximum atomic E-state index is 2.68. The van der Waals surface area contributed by atoms with Gasteiger partial charge in [-0.1, -0.05) is 133 Å². The molecule has 28 heavy (non-hydrogen) atoms. The second-order valence-electron chi connectivity index (χ2n) is 8.67. The van der Waals surface area contributed by atoms with Gasteiger partial charge < -0.3 is 0 Å². The molecule has 0 aromatic heterocycles. The summed E-state index contributed by atoms with van der Waals surface area (Å²) in [6.07, 6.45) is 18.5. The average molecular weight is 399 g/mol. The standard InChI is InChI=1S/C26H30Si2/c1-27(21-23-13-9-10-14-23,25-17-5-3-6-18-25)28(2,22-24-15-11-12-16-24)26-19-7-4-8-20-26/h3-20,23-24H,21-22H2,1-2H3/t27-,28-/m1/s1.